The van der Waals surface area contributed by atoms with E-state index in [4.69, 9.17) is 5.11 Å². The van der Waals surface area contributed by atoms with Gasteiger partial charge in [0, 0.05) is 16.1 Å². The second-order valence-electron chi connectivity index (χ2n) is 5.47. The van der Waals surface area contributed by atoms with E-state index in [-0.39, 0.29) is 4.08 Å². The van der Waals surface area contributed by atoms with Gasteiger partial charge in [-0.15, -0.1) is 23.5 Å². The van der Waals surface area contributed by atoms with Crippen LogP contribution in [0.15, 0.2) is 28.7 Å². The van der Waals surface area contributed by atoms with Gasteiger partial charge >= 0.3 is 5.97 Å². The average molecular weight is 389 g/mol. The summed E-state index contributed by atoms with van der Waals surface area (Å²) in [4.78, 5) is 10.6. The van der Waals surface area contributed by atoms with Crippen LogP contribution >= 0.6 is 39.5 Å². The Kier molecular flexibility index (Phi) is 6.51. The Morgan fingerprint density at radius 2 is 2.10 bits per heavy atom. The fraction of sp³-hybridized carbons (Fsp3) is 0.562. The van der Waals surface area contributed by atoms with Crippen LogP contribution in [-0.2, 0) is 8.87 Å². The minimum Gasteiger partial charge on any atom is -0.481 e. The predicted octanol–water partition coefficient (Wildman–Crippen LogP) is 5.51. The van der Waals surface area contributed by atoms with Crippen molar-refractivity contribution in [2.45, 2.75) is 48.4 Å². The SMILES string of the molecule is CC1(c2ccc(Br)cc2)SCCC(CCCCC(=O)O)S1. The van der Waals surface area contributed by atoms with E-state index in [2.05, 4.69) is 58.9 Å². The monoisotopic (exact) mass is 388 g/mol. The summed E-state index contributed by atoms with van der Waals surface area (Å²) >= 11 is 7.57. The zero-order valence-electron chi connectivity index (χ0n) is 12.2. The molecule has 1 heterocycles. The molecule has 0 radical (unpaired) electrons. The van der Waals surface area contributed by atoms with Crippen LogP contribution in [0.5, 0.6) is 0 Å². The summed E-state index contributed by atoms with van der Waals surface area (Å²) < 4.78 is 1.24. The van der Waals surface area contributed by atoms with E-state index in [0.29, 0.717) is 11.7 Å². The molecule has 0 amide bonds. The molecule has 1 aromatic carbocycles. The molecular formula is C16H21BrO2S2. The molecule has 1 aliphatic heterocycles. The van der Waals surface area contributed by atoms with Crippen LogP contribution in [-0.4, -0.2) is 22.1 Å². The third-order valence-electron chi connectivity index (χ3n) is 3.74. The molecule has 1 fully saturated rings. The molecule has 0 bridgehead atoms. The molecule has 1 aliphatic rings. The summed E-state index contributed by atoms with van der Waals surface area (Å²) in [6.07, 6.45) is 4.48. The molecule has 2 rings (SSSR count). The van der Waals surface area contributed by atoms with Gasteiger partial charge in [-0.2, -0.15) is 0 Å². The van der Waals surface area contributed by atoms with Gasteiger partial charge in [-0.3, -0.25) is 4.79 Å². The van der Waals surface area contributed by atoms with E-state index in [1.807, 2.05) is 11.8 Å². The summed E-state index contributed by atoms with van der Waals surface area (Å²) in [6.45, 7) is 2.31. The number of benzene rings is 1. The van der Waals surface area contributed by atoms with Crippen LogP contribution in [0.3, 0.4) is 0 Å². The van der Waals surface area contributed by atoms with Crippen molar-refractivity contribution in [3.05, 3.63) is 34.3 Å². The Balaban J connectivity index is 1.90. The third kappa shape index (κ3) is 5.22. The van der Waals surface area contributed by atoms with Crippen molar-refractivity contribution < 1.29 is 9.90 Å². The average Bonchev–Trinajstić information content (AvgIpc) is 2.44. The Labute approximate surface area is 143 Å². The molecule has 21 heavy (non-hydrogen) atoms. The number of unbranched alkanes of at least 4 members (excludes halogenated alkanes) is 1. The maximum Gasteiger partial charge on any atom is 0.303 e. The van der Waals surface area contributed by atoms with E-state index < -0.39 is 5.97 Å². The molecule has 0 spiro atoms. The fourth-order valence-electron chi connectivity index (χ4n) is 2.55. The van der Waals surface area contributed by atoms with E-state index >= 15 is 0 Å². The summed E-state index contributed by atoms with van der Waals surface area (Å²) in [5.41, 5.74) is 1.37. The van der Waals surface area contributed by atoms with Crippen molar-refractivity contribution in [3.8, 4) is 0 Å². The third-order valence-corrected chi connectivity index (χ3v) is 7.63. The number of halogens is 1. The van der Waals surface area contributed by atoms with Crippen molar-refractivity contribution in [2.75, 3.05) is 5.75 Å². The highest BCUT2D eigenvalue weighted by molar-refractivity contribution is 9.10. The predicted molar refractivity (Wildman–Crippen MR) is 96.1 cm³/mol. The number of hydrogen-bond donors (Lipinski definition) is 1. The van der Waals surface area contributed by atoms with Crippen LogP contribution in [0.4, 0.5) is 0 Å². The minimum absolute atomic E-state index is 0.121. The second-order valence-corrected chi connectivity index (χ2v) is 9.88. The van der Waals surface area contributed by atoms with Gasteiger partial charge in [-0.05, 0) is 49.6 Å². The number of carboxylic acid groups (broad SMARTS) is 1. The number of rotatable bonds is 6. The van der Waals surface area contributed by atoms with Crippen molar-refractivity contribution in [1.82, 2.24) is 0 Å². The summed E-state index contributed by atoms with van der Waals surface area (Å²) in [7, 11) is 0. The van der Waals surface area contributed by atoms with E-state index in [0.717, 1.165) is 23.7 Å². The van der Waals surface area contributed by atoms with Crippen molar-refractivity contribution in [3.63, 3.8) is 0 Å². The number of carbonyl (C=O) groups is 1. The Hall–Kier alpha value is -0.130. The standard InChI is InChI=1S/C16H21BrO2S2/c1-16(12-6-8-13(17)9-7-12)20-11-10-14(21-16)4-2-3-5-15(18)19/h6-9,14H,2-5,10-11H2,1H3,(H,18,19). The molecule has 0 saturated carbocycles. The number of hydrogen-bond acceptors (Lipinski definition) is 3. The molecule has 1 N–H and O–H groups in total. The van der Waals surface area contributed by atoms with Gasteiger partial charge in [0.25, 0.3) is 0 Å². The lowest BCUT2D eigenvalue weighted by atomic mass is 10.1. The van der Waals surface area contributed by atoms with Crippen LogP contribution in [0.2, 0.25) is 0 Å². The van der Waals surface area contributed by atoms with Gasteiger partial charge in [-0.1, -0.05) is 34.5 Å². The van der Waals surface area contributed by atoms with E-state index in [1.54, 1.807) is 0 Å². The smallest absolute Gasteiger partial charge is 0.303 e. The fourth-order valence-corrected chi connectivity index (χ4v) is 6.42. The Morgan fingerprint density at radius 3 is 2.76 bits per heavy atom. The Bertz CT molecular complexity index is 478. The van der Waals surface area contributed by atoms with Crippen molar-refractivity contribution in [1.29, 1.82) is 0 Å². The Morgan fingerprint density at radius 1 is 1.38 bits per heavy atom. The normalized spacial score (nSPS) is 25.7. The highest BCUT2D eigenvalue weighted by Crippen LogP contribution is 2.53. The molecular weight excluding hydrogens is 368 g/mol. The van der Waals surface area contributed by atoms with Crippen molar-refractivity contribution in [2.24, 2.45) is 0 Å². The first-order chi connectivity index (χ1) is 9.99. The number of aliphatic carboxylic acids is 1. The molecule has 2 unspecified atom stereocenters. The summed E-state index contributed by atoms with van der Waals surface area (Å²) in [5, 5.41) is 9.34. The molecule has 1 aromatic rings. The zero-order valence-corrected chi connectivity index (χ0v) is 15.4. The summed E-state index contributed by atoms with van der Waals surface area (Å²) in [6, 6.07) is 8.63. The first-order valence-electron chi connectivity index (χ1n) is 7.29. The first-order valence-corrected chi connectivity index (χ1v) is 9.95. The largest absolute Gasteiger partial charge is 0.481 e. The van der Waals surface area contributed by atoms with E-state index in [1.165, 1.54) is 17.7 Å². The number of carboxylic acids is 1. The summed E-state index contributed by atoms with van der Waals surface area (Å²) in [5.74, 6) is 0.505. The van der Waals surface area contributed by atoms with Crippen LogP contribution < -0.4 is 0 Å². The van der Waals surface area contributed by atoms with Gasteiger partial charge < -0.3 is 5.11 Å². The minimum atomic E-state index is -0.679. The molecule has 0 aliphatic carbocycles. The van der Waals surface area contributed by atoms with Crippen LogP contribution in [0, 0.1) is 0 Å². The first kappa shape index (κ1) is 17.2. The molecule has 2 nitrogen and oxygen atoms in total. The highest BCUT2D eigenvalue weighted by atomic mass is 79.9. The lowest BCUT2D eigenvalue weighted by Gasteiger charge is -2.37. The van der Waals surface area contributed by atoms with Gasteiger partial charge in [0.15, 0.2) is 0 Å². The van der Waals surface area contributed by atoms with Crippen LogP contribution in [0.1, 0.15) is 44.6 Å². The maximum absolute atomic E-state index is 10.6. The van der Waals surface area contributed by atoms with E-state index in [9.17, 15) is 4.79 Å². The van der Waals surface area contributed by atoms with Crippen molar-refractivity contribution >= 4 is 45.4 Å². The quantitative estimate of drug-likeness (QED) is 0.652. The van der Waals surface area contributed by atoms with Gasteiger partial charge in [-0.25, -0.2) is 0 Å². The topological polar surface area (TPSA) is 37.3 Å². The van der Waals surface area contributed by atoms with Crippen LogP contribution in [0.25, 0.3) is 0 Å². The zero-order chi connectivity index (χ0) is 15.3. The molecule has 2 atom stereocenters. The molecule has 0 aromatic heterocycles. The van der Waals surface area contributed by atoms with Gasteiger partial charge in [0.1, 0.15) is 0 Å². The molecule has 116 valence electrons. The number of thioether (sulfide) groups is 2. The van der Waals surface area contributed by atoms with Gasteiger partial charge in [0.2, 0.25) is 0 Å². The maximum atomic E-state index is 10.6. The highest BCUT2D eigenvalue weighted by Gasteiger charge is 2.34. The second kappa shape index (κ2) is 7.93. The lowest BCUT2D eigenvalue weighted by molar-refractivity contribution is -0.137. The molecule has 5 heteroatoms. The lowest BCUT2D eigenvalue weighted by Crippen LogP contribution is -2.24. The molecule has 1 saturated heterocycles. The van der Waals surface area contributed by atoms with Gasteiger partial charge in [0.05, 0.1) is 4.08 Å².